The molecule has 33 heavy (non-hydrogen) atoms. The summed E-state index contributed by atoms with van der Waals surface area (Å²) < 4.78 is 0. The van der Waals surface area contributed by atoms with E-state index in [4.69, 9.17) is 11.6 Å². The first-order chi connectivity index (χ1) is 15.7. The first-order valence-corrected chi connectivity index (χ1v) is 11.4. The first kappa shape index (κ1) is 26.2. The second-order valence-electron chi connectivity index (χ2n) is 8.16. The third-order valence-corrected chi connectivity index (χ3v) is 5.72. The number of benzene rings is 2. The molecular formula is C25H32ClN3O4. The summed E-state index contributed by atoms with van der Waals surface area (Å²) in [4.78, 5) is 38.8. The molecule has 0 spiro atoms. The highest BCUT2D eigenvalue weighted by molar-refractivity contribution is 6.31. The molecule has 2 rings (SSSR count). The standard InChI is InChI=1S/C25H32ClN3O4/c1-4-5-10-21(24(32)29(3)16-19-8-6-7-9-20(19)26)27-25(33)28-22(15-23(30)31)18-13-11-17(2)12-14-18/h6-9,11-14,21-22H,4-5,10,15-16H2,1-3H3,(H,30,31)(H2,27,28,33)/t21-,22-/m0/s1. The van der Waals surface area contributed by atoms with E-state index in [2.05, 4.69) is 10.6 Å². The Hall–Kier alpha value is -3.06. The average molecular weight is 474 g/mol. The Bertz CT molecular complexity index is 949. The van der Waals surface area contributed by atoms with Gasteiger partial charge >= 0.3 is 12.0 Å². The van der Waals surface area contributed by atoms with Crippen molar-refractivity contribution < 1.29 is 19.5 Å². The highest BCUT2D eigenvalue weighted by atomic mass is 35.5. The smallest absolute Gasteiger partial charge is 0.315 e. The quantitative estimate of drug-likeness (QED) is 0.441. The third kappa shape index (κ3) is 8.42. The zero-order valence-electron chi connectivity index (χ0n) is 19.3. The summed E-state index contributed by atoms with van der Waals surface area (Å²) >= 11 is 6.22. The molecule has 0 radical (unpaired) electrons. The van der Waals surface area contributed by atoms with E-state index in [0.717, 1.165) is 24.0 Å². The minimum Gasteiger partial charge on any atom is -0.481 e. The average Bonchev–Trinajstić information content (AvgIpc) is 2.77. The van der Waals surface area contributed by atoms with Crippen LogP contribution >= 0.6 is 11.6 Å². The fraction of sp³-hybridized carbons (Fsp3) is 0.400. The Morgan fingerprint density at radius 1 is 1.06 bits per heavy atom. The summed E-state index contributed by atoms with van der Waals surface area (Å²) in [5, 5.41) is 15.3. The summed E-state index contributed by atoms with van der Waals surface area (Å²) in [6.07, 6.45) is 1.83. The van der Waals surface area contributed by atoms with Crippen LogP contribution in [0.3, 0.4) is 0 Å². The number of unbranched alkanes of at least 4 members (excludes halogenated alkanes) is 1. The van der Waals surface area contributed by atoms with Gasteiger partial charge in [0.2, 0.25) is 5.91 Å². The molecule has 0 aromatic heterocycles. The predicted molar refractivity (Wildman–Crippen MR) is 129 cm³/mol. The van der Waals surface area contributed by atoms with E-state index in [-0.39, 0.29) is 12.3 Å². The molecule has 2 aromatic rings. The van der Waals surface area contributed by atoms with Gasteiger partial charge in [-0.25, -0.2) is 4.79 Å². The summed E-state index contributed by atoms with van der Waals surface area (Å²) in [6.45, 7) is 4.25. The van der Waals surface area contributed by atoms with Crippen LogP contribution in [-0.4, -0.2) is 41.0 Å². The number of aryl methyl sites for hydroxylation is 1. The van der Waals surface area contributed by atoms with Crippen LogP contribution < -0.4 is 10.6 Å². The van der Waals surface area contributed by atoms with Crippen molar-refractivity contribution in [1.82, 2.24) is 15.5 Å². The van der Waals surface area contributed by atoms with Crippen molar-refractivity contribution in [2.45, 2.75) is 58.2 Å². The maximum absolute atomic E-state index is 13.1. The van der Waals surface area contributed by atoms with Gasteiger partial charge in [0.1, 0.15) is 6.04 Å². The molecule has 0 heterocycles. The molecule has 8 heteroatoms. The molecule has 2 aromatic carbocycles. The van der Waals surface area contributed by atoms with E-state index >= 15 is 0 Å². The normalized spacial score (nSPS) is 12.5. The number of amides is 3. The molecule has 0 unspecified atom stereocenters. The van der Waals surface area contributed by atoms with Crippen LogP contribution in [0.2, 0.25) is 5.02 Å². The molecule has 0 aliphatic rings. The van der Waals surface area contributed by atoms with Crippen LogP contribution in [0.1, 0.15) is 55.3 Å². The molecule has 2 atom stereocenters. The fourth-order valence-electron chi connectivity index (χ4n) is 3.48. The lowest BCUT2D eigenvalue weighted by atomic mass is 10.0. The van der Waals surface area contributed by atoms with Crippen LogP contribution in [0.25, 0.3) is 0 Å². The molecule has 0 saturated carbocycles. The number of rotatable bonds is 11. The number of aliphatic carboxylic acids is 1. The van der Waals surface area contributed by atoms with Gasteiger partial charge in [-0.2, -0.15) is 0 Å². The van der Waals surface area contributed by atoms with Crippen molar-refractivity contribution in [3.05, 3.63) is 70.2 Å². The zero-order chi connectivity index (χ0) is 24.4. The minimum atomic E-state index is -1.03. The fourth-order valence-corrected chi connectivity index (χ4v) is 3.67. The second-order valence-corrected chi connectivity index (χ2v) is 8.57. The molecule has 3 N–H and O–H groups in total. The van der Waals surface area contributed by atoms with Gasteiger partial charge < -0.3 is 20.6 Å². The van der Waals surface area contributed by atoms with Gasteiger partial charge in [0.25, 0.3) is 0 Å². The number of carboxylic acids is 1. The lowest BCUT2D eigenvalue weighted by Gasteiger charge is -2.26. The monoisotopic (exact) mass is 473 g/mol. The lowest BCUT2D eigenvalue weighted by Crippen LogP contribution is -2.51. The number of carbonyl (C=O) groups is 3. The Kier molecular flexibility index (Phi) is 10.2. The Balaban J connectivity index is 2.10. The summed E-state index contributed by atoms with van der Waals surface area (Å²) in [5.74, 6) is -1.26. The highest BCUT2D eigenvalue weighted by Crippen LogP contribution is 2.19. The van der Waals surface area contributed by atoms with Crippen LogP contribution in [0.15, 0.2) is 48.5 Å². The minimum absolute atomic E-state index is 0.233. The number of likely N-dealkylation sites (N-methyl/N-ethyl adjacent to an activating group) is 1. The molecule has 178 valence electrons. The first-order valence-electron chi connectivity index (χ1n) is 11.0. The van der Waals surface area contributed by atoms with Gasteiger partial charge in [0, 0.05) is 18.6 Å². The van der Waals surface area contributed by atoms with Gasteiger partial charge in [-0.05, 0) is 30.5 Å². The number of nitrogens with one attached hydrogen (secondary N) is 2. The third-order valence-electron chi connectivity index (χ3n) is 5.36. The van der Waals surface area contributed by atoms with Crippen molar-refractivity contribution >= 4 is 29.5 Å². The van der Waals surface area contributed by atoms with Crippen molar-refractivity contribution in [2.24, 2.45) is 0 Å². The molecular weight excluding hydrogens is 442 g/mol. The maximum atomic E-state index is 13.1. The topological polar surface area (TPSA) is 98.7 Å². The molecule has 0 saturated heterocycles. The highest BCUT2D eigenvalue weighted by Gasteiger charge is 2.26. The molecule has 0 aliphatic heterocycles. The largest absolute Gasteiger partial charge is 0.481 e. The van der Waals surface area contributed by atoms with Crippen LogP contribution in [0.5, 0.6) is 0 Å². The molecule has 0 aliphatic carbocycles. The molecule has 0 fully saturated rings. The van der Waals surface area contributed by atoms with E-state index in [0.29, 0.717) is 23.6 Å². The number of hydrogen-bond donors (Lipinski definition) is 3. The van der Waals surface area contributed by atoms with E-state index < -0.39 is 24.1 Å². The van der Waals surface area contributed by atoms with Gasteiger partial charge in [-0.1, -0.05) is 79.4 Å². The van der Waals surface area contributed by atoms with Gasteiger partial charge in [0.05, 0.1) is 12.5 Å². The predicted octanol–water partition coefficient (Wildman–Crippen LogP) is 4.68. The van der Waals surface area contributed by atoms with Crippen LogP contribution in [0.4, 0.5) is 4.79 Å². The van der Waals surface area contributed by atoms with Crippen molar-refractivity contribution in [3.63, 3.8) is 0 Å². The summed E-state index contributed by atoms with van der Waals surface area (Å²) in [7, 11) is 1.67. The molecule has 0 bridgehead atoms. The Labute approximate surface area is 200 Å². The molecule has 3 amide bonds. The van der Waals surface area contributed by atoms with Crippen molar-refractivity contribution in [3.8, 4) is 0 Å². The van der Waals surface area contributed by atoms with E-state index in [1.807, 2.05) is 44.2 Å². The van der Waals surface area contributed by atoms with E-state index in [1.54, 1.807) is 25.2 Å². The SMILES string of the molecule is CCCC[C@H](NC(=O)N[C@@H](CC(=O)O)c1ccc(C)cc1)C(=O)N(C)Cc1ccccc1Cl. The van der Waals surface area contributed by atoms with Gasteiger partial charge in [-0.3, -0.25) is 9.59 Å². The zero-order valence-corrected chi connectivity index (χ0v) is 20.1. The molecule has 7 nitrogen and oxygen atoms in total. The summed E-state index contributed by atoms with van der Waals surface area (Å²) in [6, 6.07) is 12.6. The number of hydrogen-bond acceptors (Lipinski definition) is 3. The lowest BCUT2D eigenvalue weighted by molar-refractivity contribution is -0.137. The number of carbonyl (C=O) groups excluding carboxylic acids is 2. The van der Waals surface area contributed by atoms with E-state index in [9.17, 15) is 19.5 Å². The van der Waals surface area contributed by atoms with E-state index in [1.165, 1.54) is 4.90 Å². The van der Waals surface area contributed by atoms with Crippen LogP contribution in [0, 0.1) is 6.92 Å². The summed E-state index contributed by atoms with van der Waals surface area (Å²) in [5.41, 5.74) is 2.53. The van der Waals surface area contributed by atoms with Crippen molar-refractivity contribution in [1.29, 1.82) is 0 Å². The number of carboxylic acid groups (broad SMARTS) is 1. The van der Waals surface area contributed by atoms with Gasteiger partial charge in [-0.15, -0.1) is 0 Å². The number of nitrogens with zero attached hydrogens (tertiary/aromatic N) is 1. The maximum Gasteiger partial charge on any atom is 0.315 e. The second kappa shape index (κ2) is 12.8. The Morgan fingerprint density at radius 2 is 1.73 bits per heavy atom. The van der Waals surface area contributed by atoms with Crippen LogP contribution in [-0.2, 0) is 16.1 Å². The van der Waals surface area contributed by atoms with Gasteiger partial charge in [0.15, 0.2) is 0 Å². The Morgan fingerprint density at radius 3 is 2.33 bits per heavy atom. The number of urea groups is 1. The van der Waals surface area contributed by atoms with Crippen molar-refractivity contribution in [2.75, 3.05) is 7.05 Å². The number of halogens is 1.